The minimum absolute atomic E-state index is 0.0489. The van der Waals surface area contributed by atoms with E-state index in [0.717, 1.165) is 12.8 Å². The fourth-order valence-electron chi connectivity index (χ4n) is 2.28. The van der Waals surface area contributed by atoms with Crippen molar-refractivity contribution < 1.29 is 9.59 Å². The van der Waals surface area contributed by atoms with Gasteiger partial charge < -0.3 is 16.4 Å². The first-order chi connectivity index (χ1) is 9.65. The number of carbonyl (C=O) groups is 2. The van der Waals surface area contributed by atoms with E-state index >= 15 is 0 Å². The van der Waals surface area contributed by atoms with Crippen molar-refractivity contribution in [3.05, 3.63) is 35.9 Å². The van der Waals surface area contributed by atoms with Gasteiger partial charge in [0.25, 0.3) is 0 Å². The maximum absolute atomic E-state index is 11.9. The average molecular weight is 275 g/mol. The van der Waals surface area contributed by atoms with E-state index in [1.165, 1.54) is 5.56 Å². The SMILES string of the molecule is NC(CCc1ccccc1)C(=O)NCC1CCC(=O)N1. The Morgan fingerprint density at radius 3 is 2.80 bits per heavy atom. The first-order valence-electron chi connectivity index (χ1n) is 7.02. The molecule has 20 heavy (non-hydrogen) atoms. The highest BCUT2D eigenvalue weighted by atomic mass is 16.2. The predicted molar refractivity (Wildman–Crippen MR) is 76.9 cm³/mol. The molecule has 5 nitrogen and oxygen atoms in total. The number of nitrogens with one attached hydrogen (secondary N) is 2. The minimum atomic E-state index is -0.507. The number of aryl methyl sites for hydroxylation is 1. The Morgan fingerprint density at radius 2 is 2.15 bits per heavy atom. The van der Waals surface area contributed by atoms with Crippen LogP contribution in [0.5, 0.6) is 0 Å². The van der Waals surface area contributed by atoms with Crippen LogP contribution in [-0.4, -0.2) is 30.4 Å². The van der Waals surface area contributed by atoms with Crippen LogP contribution in [0.25, 0.3) is 0 Å². The van der Waals surface area contributed by atoms with Gasteiger partial charge in [-0.2, -0.15) is 0 Å². The summed E-state index contributed by atoms with van der Waals surface area (Å²) in [5, 5.41) is 5.61. The zero-order chi connectivity index (χ0) is 14.4. The van der Waals surface area contributed by atoms with E-state index in [1.807, 2.05) is 30.3 Å². The lowest BCUT2D eigenvalue weighted by molar-refractivity contribution is -0.123. The highest BCUT2D eigenvalue weighted by Gasteiger charge is 2.22. The predicted octanol–water partition coefficient (Wildman–Crippen LogP) is 0.341. The second-order valence-corrected chi connectivity index (χ2v) is 5.18. The first kappa shape index (κ1) is 14.5. The van der Waals surface area contributed by atoms with E-state index in [2.05, 4.69) is 10.6 Å². The molecule has 2 rings (SSSR count). The summed E-state index contributed by atoms with van der Waals surface area (Å²) in [5.74, 6) is -0.0975. The molecule has 1 saturated heterocycles. The maximum atomic E-state index is 11.9. The molecule has 2 amide bonds. The average Bonchev–Trinajstić information content (AvgIpc) is 2.89. The van der Waals surface area contributed by atoms with Crippen LogP contribution in [0.2, 0.25) is 0 Å². The molecule has 1 aliphatic rings. The minimum Gasteiger partial charge on any atom is -0.353 e. The van der Waals surface area contributed by atoms with Gasteiger partial charge in [-0.05, 0) is 24.8 Å². The number of hydrogen-bond acceptors (Lipinski definition) is 3. The van der Waals surface area contributed by atoms with Gasteiger partial charge in [-0.3, -0.25) is 9.59 Å². The smallest absolute Gasteiger partial charge is 0.236 e. The first-order valence-corrected chi connectivity index (χ1v) is 7.02. The molecule has 2 unspecified atom stereocenters. The Morgan fingerprint density at radius 1 is 1.40 bits per heavy atom. The third kappa shape index (κ3) is 4.35. The molecule has 108 valence electrons. The third-order valence-electron chi connectivity index (χ3n) is 3.53. The summed E-state index contributed by atoms with van der Waals surface area (Å²) in [6, 6.07) is 9.51. The lowest BCUT2D eigenvalue weighted by Crippen LogP contribution is -2.45. The summed E-state index contributed by atoms with van der Waals surface area (Å²) < 4.78 is 0. The van der Waals surface area contributed by atoms with Crippen molar-refractivity contribution in [3.63, 3.8) is 0 Å². The van der Waals surface area contributed by atoms with E-state index in [0.29, 0.717) is 19.4 Å². The number of benzene rings is 1. The molecule has 5 heteroatoms. The van der Waals surface area contributed by atoms with Gasteiger partial charge in [0.15, 0.2) is 0 Å². The van der Waals surface area contributed by atoms with Crippen LogP contribution in [0.3, 0.4) is 0 Å². The van der Waals surface area contributed by atoms with E-state index in [1.54, 1.807) is 0 Å². The molecule has 1 aliphatic heterocycles. The molecule has 0 aliphatic carbocycles. The monoisotopic (exact) mass is 275 g/mol. The van der Waals surface area contributed by atoms with Gasteiger partial charge in [0, 0.05) is 19.0 Å². The maximum Gasteiger partial charge on any atom is 0.236 e. The molecule has 1 aromatic carbocycles. The van der Waals surface area contributed by atoms with Crippen molar-refractivity contribution in [1.29, 1.82) is 0 Å². The number of nitrogens with two attached hydrogens (primary N) is 1. The van der Waals surface area contributed by atoms with Gasteiger partial charge >= 0.3 is 0 Å². The topological polar surface area (TPSA) is 84.2 Å². The van der Waals surface area contributed by atoms with Crippen LogP contribution in [0.1, 0.15) is 24.8 Å². The van der Waals surface area contributed by atoms with Crippen molar-refractivity contribution in [1.82, 2.24) is 10.6 Å². The van der Waals surface area contributed by atoms with Gasteiger partial charge in [0.2, 0.25) is 11.8 Å². The van der Waals surface area contributed by atoms with E-state index in [-0.39, 0.29) is 17.9 Å². The number of rotatable bonds is 6. The fourth-order valence-corrected chi connectivity index (χ4v) is 2.28. The molecule has 0 saturated carbocycles. The second kappa shape index (κ2) is 7.05. The lowest BCUT2D eigenvalue weighted by atomic mass is 10.1. The normalized spacial score (nSPS) is 19.4. The van der Waals surface area contributed by atoms with E-state index in [9.17, 15) is 9.59 Å². The summed E-state index contributed by atoms with van der Waals surface area (Å²) >= 11 is 0. The molecule has 0 bridgehead atoms. The molecule has 2 atom stereocenters. The quantitative estimate of drug-likeness (QED) is 0.700. The van der Waals surface area contributed by atoms with Gasteiger partial charge in [-0.15, -0.1) is 0 Å². The largest absolute Gasteiger partial charge is 0.353 e. The standard InChI is InChI=1S/C15H21N3O2/c16-13(8-6-11-4-2-1-3-5-11)15(20)17-10-12-7-9-14(19)18-12/h1-5,12-13H,6-10,16H2,(H,17,20)(H,18,19). The molecule has 1 fully saturated rings. The Kier molecular flexibility index (Phi) is 5.12. The number of hydrogen-bond donors (Lipinski definition) is 3. The van der Waals surface area contributed by atoms with Crippen molar-refractivity contribution in [3.8, 4) is 0 Å². The van der Waals surface area contributed by atoms with Crippen molar-refractivity contribution in [2.45, 2.75) is 37.8 Å². The van der Waals surface area contributed by atoms with Crippen LogP contribution >= 0.6 is 0 Å². The molecular formula is C15H21N3O2. The molecule has 1 heterocycles. The zero-order valence-corrected chi connectivity index (χ0v) is 11.5. The lowest BCUT2D eigenvalue weighted by Gasteiger charge is -2.15. The van der Waals surface area contributed by atoms with Crippen LogP contribution < -0.4 is 16.4 Å². The molecular weight excluding hydrogens is 254 g/mol. The van der Waals surface area contributed by atoms with E-state index < -0.39 is 6.04 Å². The molecule has 0 spiro atoms. The third-order valence-corrected chi connectivity index (χ3v) is 3.53. The number of carbonyl (C=O) groups excluding carboxylic acids is 2. The summed E-state index contributed by atoms with van der Waals surface area (Å²) in [7, 11) is 0. The summed E-state index contributed by atoms with van der Waals surface area (Å²) in [4.78, 5) is 22.9. The van der Waals surface area contributed by atoms with Crippen LogP contribution in [0, 0.1) is 0 Å². The molecule has 4 N–H and O–H groups in total. The van der Waals surface area contributed by atoms with E-state index in [4.69, 9.17) is 5.73 Å². The van der Waals surface area contributed by atoms with Crippen molar-refractivity contribution >= 4 is 11.8 Å². The summed E-state index contributed by atoms with van der Waals surface area (Å²) in [6.45, 7) is 0.462. The highest BCUT2D eigenvalue weighted by molar-refractivity contribution is 5.82. The Hall–Kier alpha value is -1.88. The van der Waals surface area contributed by atoms with Gasteiger partial charge in [-0.25, -0.2) is 0 Å². The molecule has 0 radical (unpaired) electrons. The van der Waals surface area contributed by atoms with Gasteiger partial charge in [0.1, 0.15) is 0 Å². The zero-order valence-electron chi connectivity index (χ0n) is 11.5. The molecule has 1 aromatic rings. The van der Waals surface area contributed by atoms with Crippen LogP contribution in [0.4, 0.5) is 0 Å². The Bertz CT molecular complexity index is 461. The summed E-state index contributed by atoms with van der Waals surface area (Å²) in [5.41, 5.74) is 7.06. The van der Waals surface area contributed by atoms with Gasteiger partial charge in [-0.1, -0.05) is 30.3 Å². The van der Waals surface area contributed by atoms with Crippen LogP contribution in [-0.2, 0) is 16.0 Å². The Labute approximate surface area is 118 Å². The Balaban J connectivity index is 1.68. The van der Waals surface area contributed by atoms with Gasteiger partial charge in [0.05, 0.1) is 6.04 Å². The molecule has 0 aromatic heterocycles. The van der Waals surface area contributed by atoms with Crippen molar-refractivity contribution in [2.75, 3.05) is 6.54 Å². The number of amides is 2. The second-order valence-electron chi connectivity index (χ2n) is 5.18. The summed E-state index contributed by atoms with van der Waals surface area (Å²) in [6.07, 6.45) is 2.72. The highest BCUT2D eigenvalue weighted by Crippen LogP contribution is 2.06. The fraction of sp³-hybridized carbons (Fsp3) is 0.467. The van der Waals surface area contributed by atoms with Crippen LogP contribution in [0.15, 0.2) is 30.3 Å². The van der Waals surface area contributed by atoms with Crippen molar-refractivity contribution in [2.24, 2.45) is 5.73 Å².